The third-order valence-corrected chi connectivity index (χ3v) is 3.17. The summed E-state index contributed by atoms with van der Waals surface area (Å²) >= 11 is 3.47. The van der Waals surface area contributed by atoms with Crippen LogP contribution < -0.4 is 5.32 Å². The number of hydrogen-bond acceptors (Lipinski definition) is 2. The van der Waals surface area contributed by atoms with Crippen LogP contribution in [0.5, 0.6) is 0 Å². The number of likely N-dealkylation sites (N-methyl/N-ethyl adjacent to an activating group) is 1. The molecule has 4 heteroatoms. The molecule has 0 aliphatic carbocycles. The van der Waals surface area contributed by atoms with Crippen LogP contribution in [0.1, 0.15) is 11.3 Å². The number of nitrogens with one attached hydrogen (secondary N) is 1. The highest BCUT2D eigenvalue weighted by Crippen LogP contribution is 2.19. The number of hydrogen-bond donors (Lipinski definition) is 1. The summed E-state index contributed by atoms with van der Waals surface area (Å²) < 4.78 is 3.04. The number of aryl methyl sites for hydroxylation is 1. The molecule has 1 N–H and O–H groups in total. The van der Waals surface area contributed by atoms with E-state index in [1.807, 2.05) is 24.0 Å². The zero-order chi connectivity index (χ0) is 12.3. The zero-order valence-electron chi connectivity index (χ0n) is 10.1. The van der Waals surface area contributed by atoms with Gasteiger partial charge in [-0.15, -0.1) is 0 Å². The highest BCUT2D eigenvalue weighted by molar-refractivity contribution is 9.10. The normalized spacial score (nSPS) is 10.8. The number of rotatable bonds is 4. The van der Waals surface area contributed by atoms with Gasteiger partial charge in [0.2, 0.25) is 0 Å². The van der Waals surface area contributed by atoms with E-state index in [-0.39, 0.29) is 0 Å². The van der Waals surface area contributed by atoms with E-state index < -0.39 is 0 Å². The van der Waals surface area contributed by atoms with E-state index >= 15 is 0 Å². The van der Waals surface area contributed by atoms with E-state index in [1.165, 1.54) is 5.56 Å². The molecule has 0 saturated heterocycles. The van der Waals surface area contributed by atoms with Crippen molar-refractivity contribution in [3.05, 3.63) is 46.2 Å². The molecule has 90 valence electrons. The molecule has 3 nitrogen and oxygen atoms in total. The topological polar surface area (TPSA) is 29.9 Å². The third-order valence-electron chi connectivity index (χ3n) is 2.68. The maximum absolute atomic E-state index is 4.57. The minimum atomic E-state index is 0.955. The Morgan fingerprint density at radius 1 is 1.35 bits per heavy atom. The predicted octanol–water partition coefficient (Wildman–Crippen LogP) is 2.71. The van der Waals surface area contributed by atoms with Crippen molar-refractivity contribution in [1.82, 2.24) is 15.1 Å². The van der Waals surface area contributed by atoms with E-state index in [0.717, 1.165) is 28.8 Å². The quantitative estimate of drug-likeness (QED) is 0.939. The van der Waals surface area contributed by atoms with Crippen molar-refractivity contribution < 1.29 is 0 Å². The smallest absolute Gasteiger partial charge is 0.0675 e. The predicted molar refractivity (Wildman–Crippen MR) is 73.6 cm³/mol. The number of nitrogens with zero attached hydrogens (tertiary/aromatic N) is 2. The van der Waals surface area contributed by atoms with Gasteiger partial charge in [0.15, 0.2) is 0 Å². The van der Waals surface area contributed by atoms with Crippen LogP contribution in [0.25, 0.3) is 5.69 Å². The zero-order valence-corrected chi connectivity index (χ0v) is 11.7. The van der Waals surface area contributed by atoms with Crippen molar-refractivity contribution in [3.63, 3.8) is 0 Å². The lowest BCUT2D eigenvalue weighted by atomic mass is 10.2. The highest BCUT2D eigenvalue weighted by Gasteiger charge is 2.04. The van der Waals surface area contributed by atoms with Crippen LogP contribution in [0, 0.1) is 6.92 Å². The maximum atomic E-state index is 4.57. The molecule has 1 aromatic heterocycles. The molecular formula is C13H16BrN3. The Morgan fingerprint density at radius 2 is 2.18 bits per heavy atom. The van der Waals surface area contributed by atoms with Crippen molar-refractivity contribution in [3.8, 4) is 5.69 Å². The Morgan fingerprint density at radius 3 is 2.88 bits per heavy atom. The molecule has 1 heterocycles. The Labute approximate surface area is 110 Å². The van der Waals surface area contributed by atoms with Gasteiger partial charge in [-0.3, -0.25) is 0 Å². The van der Waals surface area contributed by atoms with Gasteiger partial charge in [-0.25, -0.2) is 4.68 Å². The highest BCUT2D eigenvalue weighted by atomic mass is 79.9. The number of aromatic nitrogens is 2. The lowest BCUT2D eigenvalue weighted by Gasteiger charge is -2.06. The van der Waals surface area contributed by atoms with Crippen LogP contribution in [0.3, 0.4) is 0 Å². The first kappa shape index (κ1) is 12.3. The summed E-state index contributed by atoms with van der Waals surface area (Å²) in [5.41, 5.74) is 3.45. The van der Waals surface area contributed by atoms with E-state index in [1.54, 1.807) is 0 Å². The second kappa shape index (κ2) is 5.47. The van der Waals surface area contributed by atoms with Crippen molar-refractivity contribution in [2.24, 2.45) is 0 Å². The molecule has 2 aromatic rings. The van der Waals surface area contributed by atoms with Gasteiger partial charge >= 0.3 is 0 Å². The van der Waals surface area contributed by atoms with Crippen LogP contribution in [0.4, 0.5) is 0 Å². The van der Waals surface area contributed by atoms with E-state index in [0.29, 0.717) is 0 Å². The van der Waals surface area contributed by atoms with Gasteiger partial charge in [0.1, 0.15) is 0 Å². The van der Waals surface area contributed by atoms with Crippen molar-refractivity contribution in [2.45, 2.75) is 13.3 Å². The second-order valence-corrected chi connectivity index (χ2v) is 4.95. The van der Waals surface area contributed by atoms with Gasteiger partial charge < -0.3 is 5.32 Å². The summed E-state index contributed by atoms with van der Waals surface area (Å²) in [4.78, 5) is 0. The van der Waals surface area contributed by atoms with Gasteiger partial charge in [0.05, 0.1) is 11.4 Å². The molecule has 2 rings (SSSR count). The van der Waals surface area contributed by atoms with Crippen LogP contribution >= 0.6 is 15.9 Å². The lowest BCUT2D eigenvalue weighted by molar-refractivity contribution is 0.754. The Kier molecular flexibility index (Phi) is 3.97. The molecular weight excluding hydrogens is 278 g/mol. The third kappa shape index (κ3) is 2.96. The van der Waals surface area contributed by atoms with Crippen molar-refractivity contribution in [1.29, 1.82) is 0 Å². The Balaban J connectivity index is 2.24. The fourth-order valence-corrected chi connectivity index (χ4v) is 2.23. The largest absolute Gasteiger partial charge is 0.319 e. The summed E-state index contributed by atoms with van der Waals surface area (Å²) in [6.45, 7) is 3.05. The first-order valence-electron chi connectivity index (χ1n) is 5.66. The van der Waals surface area contributed by atoms with E-state index in [4.69, 9.17) is 0 Å². The van der Waals surface area contributed by atoms with Gasteiger partial charge in [0.25, 0.3) is 0 Å². The summed E-state index contributed by atoms with van der Waals surface area (Å²) in [5.74, 6) is 0. The number of halogens is 1. The standard InChI is InChI=1S/C13H16BrN3/c1-10-9-11(14)3-4-13(10)17-8-6-12(16-17)5-7-15-2/h3-4,6,8-9,15H,5,7H2,1-2H3. The van der Waals surface area contributed by atoms with E-state index in [9.17, 15) is 0 Å². The molecule has 0 aliphatic rings. The molecule has 0 spiro atoms. The molecule has 17 heavy (non-hydrogen) atoms. The minimum absolute atomic E-state index is 0.955. The summed E-state index contributed by atoms with van der Waals surface area (Å²) in [7, 11) is 1.95. The van der Waals surface area contributed by atoms with Crippen LogP contribution in [0.2, 0.25) is 0 Å². The van der Waals surface area contributed by atoms with Crippen molar-refractivity contribution >= 4 is 15.9 Å². The van der Waals surface area contributed by atoms with Crippen molar-refractivity contribution in [2.75, 3.05) is 13.6 Å². The number of benzene rings is 1. The van der Waals surface area contributed by atoms with Crippen LogP contribution in [-0.4, -0.2) is 23.4 Å². The molecule has 0 fully saturated rings. The Hall–Kier alpha value is -1.13. The van der Waals surface area contributed by atoms with Gasteiger partial charge in [-0.2, -0.15) is 5.10 Å². The average Bonchev–Trinajstić information content (AvgIpc) is 2.75. The second-order valence-electron chi connectivity index (χ2n) is 4.04. The molecule has 0 bridgehead atoms. The van der Waals surface area contributed by atoms with Gasteiger partial charge in [-0.05, 0) is 43.8 Å². The SMILES string of the molecule is CNCCc1ccn(-c2ccc(Br)cc2C)n1. The molecule has 0 unspecified atom stereocenters. The molecule has 0 radical (unpaired) electrons. The van der Waals surface area contributed by atoms with Crippen LogP contribution in [-0.2, 0) is 6.42 Å². The summed E-state index contributed by atoms with van der Waals surface area (Å²) in [5, 5.41) is 7.70. The fraction of sp³-hybridized carbons (Fsp3) is 0.308. The minimum Gasteiger partial charge on any atom is -0.319 e. The molecule has 0 amide bonds. The molecule has 1 aromatic carbocycles. The Bertz CT molecular complexity index is 505. The maximum Gasteiger partial charge on any atom is 0.0675 e. The molecule has 0 aliphatic heterocycles. The van der Waals surface area contributed by atoms with Gasteiger partial charge in [0, 0.05) is 23.6 Å². The first-order valence-corrected chi connectivity index (χ1v) is 6.45. The summed E-state index contributed by atoms with van der Waals surface area (Å²) in [6, 6.07) is 8.29. The fourth-order valence-electron chi connectivity index (χ4n) is 1.76. The van der Waals surface area contributed by atoms with Gasteiger partial charge in [-0.1, -0.05) is 15.9 Å². The molecule has 0 atom stereocenters. The lowest BCUT2D eigenvalue weighted by Crippen LogP contribution is -2.10. The summed E-state index contributed by atoms with van der Waals surface area (Å²) in [6.07, 6.45) is 2.97. The van der Waals surface area contributed by atoms with E-state index in [2.05, 4.69) is 51.5 Å². The monoisotopic (exact) mass is 293 g/mol. The average molecular weight is 294 g/mol. The van der Waals surface area contributed by atoms with Crippen LogP contribution in [0.15, 0.2) is 34.9 Å². The molecule has 0 saturated carbocycles. The first-order chi connectivity index (χ1) is 8.20.